The maximum absolute atomic E-state index is 5.51. The van der Waals surface area contributed by atoms with Crippen molar-refractivity contribution in [3.63, 3.8) is 0 Å². The van der Waals surface area contributed by atoms with Gasteiger partial charge in [0.2, 0.25) is 0 Å². The predicted octanol–water partition coefficient (Wildman–Crippen LogP) is 1.92. The van der Waals surface area contributed by atoms with Crippen molar-refractivity contribution < 1.29 is 9.47 Å². The van der Waals surface area contributed by atoms with Gasteiger partial charge in [0, 0.05) is 11.3 Å². The summed E-state index contributed by atoms with van der Waals surface area (Å²) in [6, 6.07) is 0. The van der Waals surface area contributed by atoms with Crippen LogP contribution in [0.2, 0.25) is 0 Å². The Balaban J connectivity index is 1.98. The summed E-state index contributed by atoms with van der Waals surface area (Å²) in [5, 5.41) is 0. The minimum Gasteiger partial charge on any atom is -0.376 e. The molecule has 0 N–H and O–H groups in total. The summed E-state index contributed by atoms with van der Waals surface area (Å²) in [6.45, 7) is 6.74. The third kappa shape index (κ3) is 1.68. The van der Waals surface area contributed by atoms with Gasteiger partial charge in [-0.3, -0.25) is 0 Å². The van der Waals surface area contributed by atoms with Crippen LogP contribution in [0.1, 0.15) is 0 Å². The third-order valence-corrected chi connectivity index (χ3v) is 7.44. The molecule has 0 spiro atoms. The second kappa shape index (κ2) is 3.88. The first kappa shape index (κ1) is 9.34. The van der Waals surface area contributed by atoms with E-state index in [1.54, 1.807) is 0 Å². The average molecular weight is 206 g/mol. The van der Waals surface area contributed by atoms with Crippen molar-refractivity contribution in [3.8, 4) is 0 Å². The Labute approximate surface area is 76.5 Å². The van der Waals surface area contributed by atoms with Crippen LogP contribution in [0.3, 0.4) is 0 Å². The quantitative estimate of drug-likeness (QED) is 0.610. The number of ether oxygens (including phenoxy) is 2. The van der Waals surface area contributed by atoms with Crippen LogP contribution in [-0.2, 0) is 9.47 Å². The maximum atomic E-state index is 5.51. The molecule has 0 bridgehead atoms. The van der Waals surface area contributed by atoms with Crippen molar-refractivity contribution in [2.24, 2.45) is 0 Å². The van der Waals surface area contributed by atoms with Crippen LogP contribution in [0, 0.1) is 0 Å². The van der Waals surface area contributed by atoms with Gasteiger partial charge in [0.1, 0.15) is 0 Å². The Morgan fingerprint density at radius 2 is 1.33 bits per heavy atom. The van der Waals surface area contributed by atoms with Crippen molar-refractivity contribution in [2.75, 3.05) is 39.2 Å². The largest absolute Gasteiger partial charge is 0.376 e. The normalized spacial score (nSPS) is 48.5. The molecule has 0 aromatic rings. The second-order valence-electron chi connectivity index (χ2n) is 3.65. The molecule has 2 heterocycles. The van der Waals surface area contributed by atoms with E-state index >= 15 is 0 Å². The summed E-state index contributed by atoms with van der Waals surface area (Å²) < 4.78 is 11.0. The lowest BCUT2D eigenvalue weighted by Gasteiger charge is -2.23. The monoisotopic (exact) mass is 206 g/mol. The molecule has 4 atom stereocenters. The smallest absolute Gasteiger partial charge is 0.0660 e. The van der Waals surface area contributed by atoms with Gasteiger partial charge in [-0.25, -0.2) is 0 Å². The Bertz CT molecular complexity index is 147. The zero-order valence-electron chi connectivity index (χ0n) is 7.69. The van der Waals surface area contributed by atoms with E-state index in [0.717, 1.165) is 37.2 Å². The molecular formula is C8H16O2P2. The van der Waals surface area contributed by atoms with Crippen molar-refractivity contribution in [1.82, 2.24) is 0 Å². The van der Waals surface area contributed by atoms with Gasteiger partial charge in [-0.1, -0.05) is 15.8 Å². The molecule has 2 aliphatic rings. The van der Waals surface area contributed by atoms with Gasteiger partial charge in [0.15, 0.2) is 0 Å². The zero-order valence-corrected chi connectivity index (χ0v) is 9.48. The summed E-state index contributed by atoms with van der Waals surface area (Å²) in [6.07, 6.45) is 2.05. The fourth-order valence-electron chi connectivity index (χ4n) is 1.89. The molecule has 2 saturated heterocycles. The first-order chi connectivity index (χ1) is 5.79. The minimum atomic E-state index is 0.148. The van der Waals surface area contributed by atoms with E-state index in [0.29, 0.717) is 0 Å². The van der Waals surface area contributed by atoms with E-state index in [9.17, 15) is 0 Å². The first-order valence-electron chi connectivity index (χ1n) is 4.35. The number of hydrogen-bond donors (Lipinski definition) is 0. The Hall–Kier alpha value is 0.780. The van der Waals surface area contributed by atoms with Crippen LogP contribution >= 0.6 is 15.8 Å². The molecule has 2 nitrogen and oxygen atoms in total. The molecule has 4 heteroatoms. The fourth-order valence-corrected chi connectivity index (χ4v) is 6.49. The predicted molar refractivity (Wildman–Crippen MR) is 54.9 cm³/mol. The Morgan fingerprint density at radius 1 is 0.917 bits per heavy atom. The minimum absolute atomic E-state index is 0.148. The highest BCUT2D eigenvalue weighted by atomic mass is 31.1. The summed E-state index contributed by atoms with van der Waals surface area (Å²) in [5.74, 6) is 0. The molecule has 12 heavy (non-hydrogen) atoms. The van der Waals surface area contributed by atoms with Crippen LogP contribution in [0.25, 0.3) is 0 Å². The Morgan fingerprint density at radius 3 is 1.58 bits per heavy atom. The van der Waals surface area contributed by atoms with Crippen molar-refractivity contribution >= 4 is 15.8 Å². The molecule has 2 aliphatic heterocycles. The zero-order chi connectivity index (χ0) is 8.55. The topological polar surface area (TPSA) is 18.5 Å². The van der Waals surface area contributed by atoms with E-state index in [-0.39, 0.29) is 15.8 Å². The highest BCUT2D eigenvalue weighted by Crippen LogP contribution is 2.55. The molecular weight excluding hydrogens is 190 g/mol. The van der Waals surface area contributed by atoms with Crippen LogP contribution in [-0.4, -0.2) is 50.6 Å². The van der Waals surface area contributed by atoms with E-state index in [1.807, 2.05) is 0 Å². The summed E-state index contributed by atoms with van der Waals surface area (Å²) in [7, 11) is 0.296. The SMILES string of the molecule is C[P@@]1COC[C@@H]1[C@H]1COC[P@]1C. The maximum Gasteiger partial charge on any atom is 0.0660 e. The van der Waals surface area contributed by atoms with Gasteiger partial charge in [0.05, 0.1) is 25.9 Å². The van der Waals surface area contributed by atoms with E-state index < -0.39 is 0 Å². The van der Waals surface area contributed by atoms with Gasteiger partial charge in [0.25, 0.3) is 0 Å². The molecule has 0 aromatic heterocycles. The summed E-state index contributed by atoms with van der Waals surface area (Å²) in [5.41, 5.74) is 1.69. The van der Waals surface area contributed by atoms with Crippen LogP contribution in [0.5, 0.6) is 0 Å². The first-order valence-corrected chi connectivity index (χ1v) is 8.43. The van der Waals surface area contributed by atoms with Crippen LogP contribution < -0.4 is 0 Å². The fraction of sp³-hybridized carbons (Fsp3) is 1.00. The van der Waals surface area contributed by atoms with Crippen molar-refractivity contribution in [3.05, 3.63) is 0 Å². The van der Waals surface area contributed by atoms with Gasteiger partial charge in [-0.05, 0) is 13.3 Å². The highest BCUT2D eigenvalue weighted by molar-refractivity contribution is 7.62. The van der Waals surface area contributed by atoms with E-state index in [1.165, 1.54) is 0 Å². The summed E-state index contributed by atoms with van der Waals surface area (Å²) in [4.78, 5) is 0. The lowest BCUT2D eigenvalue weighted by atomic mass is 10.3. The van der Waals surface area contributed by atoms with Crippen molar-refractivity contribution in [2.45, 2.75) is 11.3 Å². The molecule has 0 saturated carbocycles. The number of hydrogen-bond acceptors (Lipinski definition) is 2. The number of rotatable bonds is 1. The lowest BCUT2D eigenvalue weighted by Crippen LogP contribution is -2.23. The lowest BCUT2D eigenvalue weighted by molar-refractivity contribution is 0.179. The molecule has 0 radical (unpaired) electrons. The molecule has 0 aliphatic carbocycles. The molecule has 0 unspecified atom stereocenters. The third-order valence-electron chi connectivity index (χ3n) is 2.74. The van der Waals surface area contributed by atoms with Crippen molar-refractivity contribution in [1.29, 1.82) is 0 Å². The highest BCUT2D eigenvalue weighted by Gasteiger charge is 2.37. The van der Waals surface area contributed by atoms with E-state index in [4.69, 9.17) is 9.47 Å². The van der Waals surface area contributed by atoms with Gasteiger partial charge in [-0.15, -0.1) is 0 Å². The van der Waals surface area contributed by atoms with Gasteiger partial charge in [-0.2, -0.15) is 0 Å². The molecule has 2 rings (SSSR count). The van der Waals surface area contributed by atoms with Gasteiger partial charge >= 0.3 is 0 Å². The van der Waals surface area contributed by atoms with Crippen LogP contribution in [0.15, 0.2) is 0 Å². The molecule has 2 fully saturated rings. The Kier molecular flexibility index (Phi) is 3.02. The van der Waals surface area contributed by atoms with Gasteiger partial charge < -0.3 is 9.47 Å². The summed E-state index contributed by atoms with van der Waals surface area (Å²) >= 11 is 0. The molecule has 70 valence electrons. The van der Waals surface area contributed by atoms with E-state index in [2.05, 4.69) is 13.3 Å². The molecule has 0 amide bonds. The second-order valence-corrected chi connectivity index (χ2v) is 8.52. The van der Waals surface area contributed by atoms with Crippen LogP contribution in [0.4, 0.5) is 0 Å². The average Bonchev–Trinajstić information content (AvgIpc) is 2.59. The molecule has 0 aromatic carbocycles. The standard InChI is InChI=1S/C8H16O2P2/c1-11-5-9-3-7(11)8-4-10-6-12(8)2/h7-8H,3-6H2,1-2H3/t7-,8-,11+,12+/m1/s1.